The summed E-state index contributed by atoms with van der Waals surface area (Å²) in [6, 6.07) is 9.88. The van der Waals surface area contributed by atoms with Gasteiger partial charge in [0.15, 0.2) is 5.78 Å². The molecule has 0 fully saturated rings. The third-order valence-corrected chi connectivity index (χ3v) is 3.35. The Hall–Kier alpha value is -1.43. The lowest BCUT2D eigenvalue weighted by Gasteiger charge is -2.07. The van der Waals surface area contributed by atoms with Gasteiger partial charge >= 0.3 is 0 Å². The number of carbonyl (C=O) groups excluding carboxylic acids is 1. The van der Waals surface area contributed by atoms with Gasteiger partial charge in [0, 0.05) is 14.8 Å². The van der Waals surface area contributed by atoms with Crippen LogP contribution in [0.4, 0.5) is 10.1 Å². The highest BCUT2D eigenvalue weighted by molar-refractivity contribution is 14.1. The summed E-state index contributed by atoms with van der Waals surface area (Å²) in [6.07, 6.45) is 0. The van der Waals surface area contributed by atoms with E-state index in [0.717, 1.165) is 3.57 Å². The molecule has 18 heavy (non-hydrogen) atoms. The summed E-state index contributed by atoms with van der Waals surface area (Å²) in [5.41, 5.74) is 6.90. The van der Waals surface area contributed by atoms with Gasteiger partial charge in [0.2, 0.25) is 0 Å². The highest BCUT2D eigenvalue weighted by Gasteiger charge is 2.16. The first kappa shape index (κ1) is 13.0. The third kappa shape index (κ3) is 2.53. The van der Waals surface area contributed by atoms with Crippen molar-refractivity contribution in [1.29, 1.82) is 0 Å². The van der Waals surface area contributed by atoms with Crippen molar-refractivity contribution in [2.45, 2.75) is 6.92 Å². The van der Waals surface area contributed by atoms with Gasteiger partial charge < -0.3 is 5.73 Å². The van der Waals surface area contributed by atoms with E-state index < -0.39 is 5.82 Å². The predicted molar refractivity (Wildman–Crippen MR) is 78.1 cm³/mol. The zero-order valence-corrected chi connectivity index (χ0v) is 11.9. The average Bonchev–Trinajstić information content (AvgIpc) is 2.34. The van der Waals surface area contributed by atoms with Crippen molar-refractivity contribution >= 4 is 34.1 Å². The van der Waals surface area contributed by atoms with Gasteiger partial charge in [-0.05, 0) is 71.5 Å². The number of halogens is 2. The van der Waals surface area contributed by atoms with Crippen molar-refractivity contribution in [1.82, 2.24) is 0 Å². The fraction of sp³-hybridized carbons (Fsp3) is 0.0714. The topological polar surface area (TPSA) is 43.1 Å². The summed E-state index contributed by atoms with van der Waals surface area (Å²) in [4.78, 5) is 12.2. The average molecular weight is 355 g/mol. The molecule has 4 heteroatoms. The largest absolute Gasteiger partial charge is 0.399 e. The summed E-state index contributed by atoms with van der Waals surface area (Å²) in [7, 11) is 0. The van der Waals surface area contributed by atoms with E-state index in [2.05, 4.69) is 22.6 Å². The second-order valence-electron chi connectivity index (χ2n) is 4.04. The Labute approximate surface area is 118 Å². The van der Waals surface area contributed by atoms with E-state index in [0.29, 0.717) is 16.8 Å². The van der Waals surface area contributed by atoms with Gasteiger partial charge in [0.1, 0.15) is 5.82 Å². The van der Waals surface area contributed by atoms with Crippen LogP contribution in [0.15, 0.2) is 36.4 Å². The van der Waals surface area contributed by atoms with Gasteiger partial charge in [-0.3, -0.25) is 4.79 Å². The van der Waals surface area contributed by atoms with Gasteiger partial charge in [-0.2, -0.15) is 0 Å². The molecule has 0 bridgehead atoms. The molecule has 92 valence electrons. The standard InChI is InChI=1S/C14H11FINO/c1-8-6-11(17)7-12(13(8)15)14(18)9-2-4-10(16)5-3-9/h2-7H,17H2,1H3. The number of hydrogen-bond acceptors (Lipinski definition) is 2. The van der Waals surface area contributed by atoms with Crippen LogP contribution >= 0.6 is 22.6 Å². The lowest BCUT2D eigenvalue weighted by molar-refractivity contribution is 0.103. The maximum Gasteiger partial charge on any atom is 0.196 e. The predicted octanol–water partition coefficient (Wildman–Crippen LogP) is 3.55. The molecule has 0 aliphatic carbocycles. The van der Waals surface area contributed by atoms with Crippen LogP contribution < -0.4 is 5.73 Å². The fourth-order valence-electron chi connectivity index (χ4n) is 1.72. The first-order chi connectivity index (χ1) is 8.49. The normalized spacial score (nSPS) is 10.4. The smallest absolute Gasteiger partial charge is 0.196 e. The molecule has 0 radical (unpaired) electrons. The molecule has 0 saturated heterocycles. The van der Waals surface area contributed by atoms with Gasteiger partial charge in [-0.15, -0.1) is 0 Å². The van der Waals surface area contributed by atoms with E-state index in [1.54, 1.807) is 19.1 Å². The number of anilines is 1. The molecule has 2 aromatic rings. The molecule has 0 aliphatic heterocycles. The monoisotopic (exact) mass is 355 g/mol. The van der Waals surface area contributed by atoms with Crippen molar-refractivity contribution in [3.8, 4) is 0 Å². The lowest BCUT2D eigenvalue weighted by atomic mass is 10.00. The first-order valence-electron chi connectivity index (χ1n) is 5.35. The number of nitrogen functional groups attached to an aromatic ring is 1. The number of rotatable bonds is 2. The van der Waals surface area contributed by atoms with Gasteiger partial charge in [-0.25, -0.2) is 4.39 Å². The molecule has 0 spiro atoms. The maximum absolute atomic E-state index is 13.9. The van der Waals surface area contributed by atoms with E-state index in [1.165, 1.54) is 12.1 Å². The Morgan fingerprint density at radius 2 is 1.83 bits per heavy atom. The fourth-order valence-corrected chi connectivity index (χ4v) is 2.08. The van der Waals surface area contributed by atoms with E-state index in [1.807, 2.05) is 12.1 Å². The molecular weight excluding hydrogens is 344 g/mol. The van der Waals surface area contributed by atoms with Gasteiger partial charge in [0.05, 0.1) is 5.56 Å². The summed E-state index contributed by atoms with van der Waals surface area (Å²) in [6.45, 7) is 1.59. The second-order valence-corrected chi connectivity index (χ2v) is 5.28. The van der Waals surface area contributed by atoms with Crippen LogP contribution in [0.5, 0.6) is 0 Å². The minimum absolute atomic E-state index is 0.0220. The van der Waals surface area contributed by atoms with E-state index in [-0.39, 0.29) is 11.3 Å². The highest BCUT2D eigenvalue weighted by Crippen LogP contribution is 2.20. The Balaban J connectivity index is 2.49. The van der Waals surface area contributed by atoms with Crippen LogP contribution in [0.1, 0.15) is 21.5 Å². The Morgan fingerprint density at radius 1 is 1.22 bits per heavy atom. The van der Waals surface area contributed by atoms with Crippen molar-refractivity contribution in [3.63, 3.8) is 0 Å². The van der Waals surface area contributed by atoms with Crippen LogP contribution in [-0.4, -0.2) is 5.78 Å². The molecule has 0 saturated carbocycles. The Morgan fingerprint density at radius 3 is 2.44 bits per heavy atom. The summed E-state index contributed by atoms with van der Waals surface area (Å²) in [5.74, 6) is -0.855. The van der Waals surface area contributed by atoms with Crippen LogP contribution in [-0.2, 0) is 0 Å². The molecule has 0 aromatic heterocycles. The molecule has 2 N–H and O–H groups in total. The van der Waals surface area contributed by atoms with Gasteiger partial charge in [-0.1, -0.05) is 0 Å². The minimum Gasteiger partial charge on any atom is -0.399 e. The lowest BCUT2D eigenvalue weighted by Crippen LogP contribution is -2.07. The number of benzene rings is 2. The quantitative estimate of drug-likeness (QED) is 0.509. The van der Waals surface area contributed by atoms with Crippen LogP contribution in [0, 0.1) is 16.3 Å². The molecule has 0 heterocycles. The number of carbonyl (C=O) groups is 1. The third-order valence-electron chi connectivity index (χ3n) is 2.63. The molecule has 2 nitrogen and oxygen atoms in total. The van der Waals surface area contributed by atoms with Crippen molar-refractivity contribution < 1.29 is 9.18 Å². The number of hydrogen-bond donors (Lipinski definition) is 1. The first-order valence-corrected chi connectivity index (χ1v) is 6.43. The number of aryl methyl sites for hydroxylation is 1. The van der Waals surface area contributed by atoms with Gasteiger partial charge in [0.25, 0.3) is 0 Å². The van der Waals surface area contributed by atoms with E-state index in [9.17, 15) is 9.18 Å². The zero-order valence-electron chi connectivity index (χ0n) is 9.71. The second kappa shape index (κ2) is 5.06. The Bertz CT molecular complexity index is 608. The number of ketones is 1. The highest BCUT2D eigenvalue weighted by atomic mass is 127. The number of nitrogens with two attached hydrogens (primary N) is 1. The molecule has 0 amide bonds. The summed E-state index contributed by atoms with van der Waals surface area (Å²) in [5, 5.41) is 0. The molecule has 0 unspecified atom stereocenters. The van der Waals surface area contributed by atoms with Crippen molar-refractivity contribution in [3.05, 3.63) is 62.5 Å². The maximum atomic E-state index is 13.9. The van der Waals surface area contributed by atoms with E-state index >= 15 is 0 Å². The Kier molecular flexibility index (Phi) is 3.65. The van der Waals surface area contributed by atoms with Crippen molar-refractivity contribution in [2.75, 3.05) is 5.73 Å². The molecule has 0 atom stereocenters. The van der Waals surface area contributed by atoms with Crippen molar-refractivity contribution in [2.24, 2.45) is 0 Å². The molecule has 2 rings (SSSR count). The summed E-state index contributed by atoms with van der Waals surface area (Å²) < 4.78 is 14.9. The zero-order chi connectivity index (χ0) is 13.3. The van der Waals surface area contributed by atoms with Crippen LogP contribution in [0.2, 0.25) is 0 Å². The SMILES string of the molecule is Cc1cc(N)cc(C(=O)c2ccc(I)cc2)c1F. The molecular formula is C14H11FINO. The molecule has 0 aliphatic rings. The van der Waals surface area contributed by atoms with Crippen LogP contribution in [0.3, 0.4) is 0 Å². The molecule has 2 aromatic carbocycles. The minimum atomic E-state index is -0.507. The van der Waals surface area contributed by atoms with Crippen LogP contribution in [0.25, 0.3) is 0 Å². The van der Waals surface area contributed by atoms with E-state index in [4.69, 9.17) is 5.73 Å². The summed E-state index contributed by atoms with van der Waals surface area (Å²) >= 11 is 2.15.